The smallest absolute Gasteiger partial charge is 0.160 e. The van der Waals surface area contributed by atoms with Gasteiger partial charge in [-0.05, 0) is 71.1 Å². The lowest BCUT2D eigenvalue weighted by Gasteiger charge is -2.10. The summed E-state index contributed by atoms with van der Waals surface area (Å²) < 4.78 is 20.2. The van der Waals surface area contributed by atoms with E-state index in [9.17, 15) is 4.39 Å². The van der Waals surface area contributed by atoms with Crippen molar-refractivity contribution in [2.75, 3.05) is 0 Å². The van der Waals surface area contributed by atoms with E-state index in [0.29, 0.717) is 5.82 Å². The van der Waals surface area contributed by atoms with E-state index in [1.807, 2.05) is 54.6 Å². The van der Waals surface area contributed by atoms with Gasteiger partial charge >= 0.3 is 0 Å². The molecule has 4 heteroatoms. The van der Waals surface area contributed by atoms with Gasteiger partial charge in [0.1, 0.15) is 17.0 Å². The van der Waals surface area contributed by atoms with Crippen molar-refractivity contribution in [1.29, 1.82) is 0 Å². The average Bonchev–Trinajstić information content (AvgIpc) is 3.43. The van der Waals surface area contributed by atoms with E-state index < -0.39 is 0 Å². The normalized spacial score (nSPS) is 11.5. The Morgan fingerprint density at radius 3 is 1.81 bits per heavy atom. The van der Waals surface area contributed by atoms with E-state index in [-0.39, 0.29) is 5.82 Å². The summed E-state index contributed by atoms with van der Waals surface area (Å²) in [6.07, 6.45) is 0. The topological polar surface area (TPSA) is 38.9 Å². The number of benzene rings is 6. The van der Waals surface area contributed by atoms with Gasteiger partial charge in [-0.2, -0.15) is 0 Å². The van der Waals surface area contributed by atoms with Gasteiger partial charge in [-0.3, -0.25) is 0 Å². The molecule has 42 heavy (non-hydrogen) atoms. The van der Waals surface area contributed by atoms with Crippen LogP contribution in [0, 0.1) is 5.82 Å². The molecule has 0 radical (unpaired) electrons. The van der Waals surface area contributed by atoms with Crippen LogP contribution >= 0.6 is 0 Å². The van der Waals surface area contributed by atoms with Crippen LogP contribution in [0.15, 0.2) is 144 Å². The highest BCUT2D eigenvalue weighted by Crippen LogP contribution is 2.41. The van der Waals surface area contributed by atoms with Crippen LogP contribution in [0.2, 0.25) is 0 Å². The fourth-order valence-corrected chi connectivity index (χ4v) is 5.69. The summed E-state index contributed by atoms with van der Waals surface area (Å²) in [5, 5.41) is 4.32. The molecular weight excluding hydrogens is 519 g/mol. The van der Waals surface area contributed by atoms with Gasteiger partial charge in [0.2, 0.25) is 0 Å². The van der Waals surface area contributed by atoms with Crippen LogP contribution in [-0.4, -0.2) is 9.97 Å². The molecule has 0 N–H and O–H groups in total. The first-order valence-corrected chi connectivity index (χ1v) is 13.9. The van der Waals surface area contributed by atoms with Crippen molar-refractivity contribution in [3.63, 3.8) is 0 Å². The molecule has 3 nitrogen and oxygen atoms in total. The lowest BCUT2D eigenvalue weighted by atomic mass is 9.95. The molecule has 0 unspecified atom stereocenters. The Morgan fingerprint density at radius 1 is 0.452 bits per heavy atom. The van der Waals surface area contributed by atoms with Crippen LogP contribution in [0.4, 0.5) is 4.39 Å². The van der Waals surface area contributed by atoms with Crippen molar-refractivity contribution < 1.29 is 8.81 Å². The number of nitrogens with zero attached hydrogens (tertiary/aromatic N) is 2. The van der Waals surface area contributed by atoms with Crippen LogP contribution in [0.3, 0.4) is 0 Å². The summed E-state index contributed by atoms with van der Waals surface area (Å²) in [5.41, 5.74) is 8.21. The van der Waals surface area contributed by atoms with Crippen LogP contribution < -0.4 is 0 Å². The summed E-state index contributed by atoms with van der Waals surface area (Å²) in [6, 6.07) is 45.6. The van der Waals surface area contributed by atoms with E-state index in [2.05, 4.69) is 60.7 Å². The van der Waals surface area contributed by atoms with Gasteiger partial charge in [0.05, 0.1) is 11.4 Å². The lowest BCUT2D eigenvalue weighted by molar-refractivity contribution is 0.628. The van der Waals surface area contributed by atoms with Crippen LogP contribution in [0.5, 0.6) is 0 Å². The number of hydrogen-bond donors (Lipinski definition) is 0. The second-order valence-electron chi connectivity index (χ2n) is 10.4. The maximum absolute atomic E-state index is 13.7. The van der Waals surface area contributed by atoms with Gasteiger partial charge in [0.15, 0.2) is 5.82 Å². The highest BCUT2D eigenvalue weighted by Gasteiger charge is 2.17. The molecule has 0 saturated heterocycles. The summed E-state index contributed by atoms with van der Waals surface area (Å²) in [4.78, 5) is 9.85. The second-order valence-corrected chi connectivity index (χ2v) is 10.4. The minimum absolute atomic E-state index is 0.281. The van der Waals surface area contributed by atoms with Gasteiger partial charge in [-0.25, -0.2) is 14.4 Å². The number of fused-ring (bicyclic) bond motifs is 5. The third-order valence-electron chi connectivity index (χ3n) is 7.76. The zero-order chi connectivity index (χ0) is 28.0. The minimum atomic E-state index is -0.281. The number of aromatic nitrogens is 2. The van der Waals surface area contributed by atoms with E-state index in [0.717, 1.165) is 66.4 Å². The molecule has 0 atom stereocenters. The maximum atomic E-state index is 13.7. The monoisotopic (exact) mass is 542 g/mol. The maximum Gasteiger partial charge on any atom is 0.160 e. The number of hydrogen-bond acceptors (Lipinski definition) is 3. The first-order valence-electron chi connectivity index (χ1n) is 13.9. The Labute approximate surface area is 241 Å². The first-order chi connectivity index (χ1) is 20.7. The number of halogens is 1. The molecule has 0 spiro atoms. The predicted octanol–water partition coefficient (Wildman–Crippen LogP) is 10.3. The quantitative estimate of drug-likeness (QED) is 0.222. The average molecular weight is 543 g/mol. The molecule has 198 valence electrons. The highest BCUT2D eigenvalue weighted by molar-refractivity contribution is 6.19. The molecule has 0 aliphatic rings. The van der Waals surface area contributed by atoms with Gasteiger partial charge in [0, 0.05) is 32.8 Å². The molecule has 8 aromatic rings. The fourth-order valence-electron chi connectivity index (χ4n) is 5.69. The standard InChI is InChI=1S/C38H23FN2O/c39-28-18-15-25(16-19-28)34-23-35(41-38(40-34)26-11-5-2-6-12-26)27-17-20-36-32(21-27)33-22-31(24-9-3-1-4-10-24)29-13-7-8-14-30(29)37(33)42-36/h1-23H. The summed E-state index contributed by atoms with van der Waals surface area (Å²) in [6.45, 7) is 0. The van der Waals surface area contributed by atoms with E-state index in [1.54, 1.807) is 12.1 Å². The molecule has 0 saturated carbocycles. The Hall–Kier alpha value is -5.61. The molecule has 0 aliphatic heterocycles. The Kier molecular flexibility index (Phi) is 5.64. The van der Waals surface area contributed by atoms with Gasteiger partial charge in [0.25, 0.3) is 0 Å². The molecule has 8 rings (SSSR count). The van der Waals surface area contributed by atoms with Gasteiger partial charge in [-0.15, -0.1) is 0 Å². The minimum Gasteiger partial charge on any atom is -0.455 e. The third-order valence-corrected chi connectivity index (χ3v) is 7.76. The van der Waals surface area contributed by atoms with Crippen molar-refractivity contribution in [1.82, 2.24) is 9.97 Å². The largest absolute Gasteiger partial charge is 0.455 e. The van der Waals surface area contributed by atoms with Crippen molar-refractivity contribution >= 4 is 32.7 Å². The molecule has 0 aliphatic carbocycles. The van der Waals surface area contributed by atoms with Gasteiger partial charge < -0.3 is 4.42 Å². The summed E-state index contributed by atoms with van der Waals surface area (Å²) in [5.74, 6) is 0.331. The SMILES string of the molecule is Fc1ccc(-c2cc(-c3ccc4oc5c6ccccc6c(-c6ccccc6)cc5c4c3)nc(-c3ccccc3)n2)cc1. The van der Waals surface area contributed by atoms with Crippen LogP contribution in [0.1, 0.15) is 0 Å². The van der Waals surface area contributed by atoms with Crippen molar-refractivity contribution in [3.05, 3.63) is 145 Å². The molecule has 0 fully saturated rings. The van der Waals surface area contributed by atoms with E-state index in [4.69, 9.17) is 14.4 Å². The zero-order valence-corrected chi connectivity index (χ0v) is 22.5. The van der Waals surface area contributed by atoms with Crippen molar-refractivity contribution in [2.45, 2.75) is 0 Å². The Balaban J connectivity index is 1.36. The molecule has 2 aromatic heterocycles. The number of rotatable bonds is 4. The Morgan fingerprint density at radius 2 is 1.07 bits per heavy atom. The molecular formula is C38H23FN2O. The second kappa shape index (κ2) is 9.79. The van der Waals surface area contributed by atoms with Crippen LogP contribution in [0.25, 0.3) is 77.7 Å². The first kappa shape index (κ1) is 24.2. The molecule has 0 bridgehead atoms. The van der Waals surface area contributed by atoms with Gasteiger partial charge in [-0.1, -0.05) is 84.9 Å². The van der Waals surface area contributed by atoms with E-state index >= 15 is 0 Å². The summed E-state index contributed by atoms with van der Waals surface area (Å²) >= 11 is 0. The van der Waals surface area contributed by atoms with E-state index in [1.165, 1.54) is 17.7 Å². The molecule has 2 heterocycles. The van der Waals surface area contributed by atoms with Crippen molar-refractivity contribution in [3.8, 4) is 45.0 Å². The highest BCUT2D eigenvalue weighted by atomic mass is 19.1. The van der Waals surface area contributed by atoms with Crippen molar-refractivity contribution in [2.24, 2.45) is 0 Å². The molecule has 6 aromatic carbocycles. The Bertz CT molecular complexity index is 2240. The van der Waals surface area contributed by atoms with Crippen LogP contribution in [-0.2, 0) is 0 Å². The fraction of sp³-hybridized carbons (Fsp3) is 0. The third kappa shape index (κ3) is 4.13. The predicted molar refractivity (Wildman–Crippen MR) is 169 cm³/mol. The molecule has 0 amide bonds. The summed E-state index contributed by atoms with van der Waals surface area (Å²) in [7, 11) is 0. The number of furan rings is 1. The lowest BCUT2D eigenvalue weighted by Crippen LogP contribution is -1.96. The zero-order valence-electron chi connectivity index (χ0n) is 22.5.